The number of hydrogen-bond acceptors (Lipinski definition) is 5. The maximum absolute atomic E-state index is 12.5. The van der Waals surface area contributed by atoms with E-state index in [1.807, 2.05) is 24.3 Å². The minimum Gasteiger partial charge on any atom is -0.481 e. The molecule has 1 fully saturated rings. The number of carbonyl (C=O) groups is 3. The van der Waals surface area contributed by atoms with E-state index in [-0.39, 0.29) is 36.6 Å². The van der Waals surface area contributed by atoms with Gasteiger partial charge in [-0.05, 0) is 41.5 Å². The highest BCUT2D eigenvalue weighted by molar-refractivity contribution is 7.99. The number of ether oxygens (including phenoxy) is 1. The molecule has 8 heteroatoms. The second-order valence-corrected chi connectivity index (χ2v) is 9.74. The fraction of sp³-hybridized carbons (Fsp3) is 0.423. The Kier molecular flexibility index (Phi) is 8.11. The monoisotopic (exact) mass is 482 g/mol. The van der Waals surface area contributed by atoms with Crippen LogP contribution in [0.2, 0.25) is 0 Å². The van der Waals surface area contributed by atoms with Crippen molar-refractivity contribution >= 4 is 29.7 Å². The first-order chi connectivity index (χ1) is 16.5. The van der Waals surface area contributed by atoms with E-state index < -0.39 is 12.1 Å². The lowest BCUT2D eigenvalue weighted by Crippen LogP contribution is -2.45. The van der Waals surface area contributed by atoms with E-state index in [9.17, 15) is 14.4 Å². The molecule has 0 aromatic heterocycles. The van der Waals surface area contributed by atoms with Crippen LogP contribution in [-0.4, -0.2) is 65.2 Å². The number of rotatable bonds is 9. The van der Waals surface area contributed by atoms with Crippen LogP contribution in [0.3, 0.4) is 0 Å². The molecule has 1 unspecified atom stereocenters. The molecule has 2 N–H and O–H groups in total. The zero-order valence-corrected chi connectivity index (χ0v) is 19.9. The van der Waals surface area contributed by atoms with Gasteiger partial charge in [-0.1, -0.05) is 48.5 Å². The van der Waals surface area contributed by atoms with Gasteiger partial charge in [-0.3, -0.25) is 9.59 Å². The van der Waals surface area contributed by atoms with E-state index in [0.717, 1.165) is 19.3 Å². The van der Waals surface area contributed by atoms with Crippen molar-refractivity contribution in [2.45, 2.75) is 37.6 Å². The molecule has 4 rings (SSSR count). The Morgan fingerprint density at radius 1 is 1.03 bits per heavy atom. The fourth-order valence-corrected chi connectivity index (χ4v) is 5.59. The van der Waals surface area contributed by atoms with Gasteiger partial charge in [0.25, 0.3) is 0 Å². The summed E-state index contributed by atoms with van der Waals surface area (Å²) < 4.78 is 5.52. The Morgan fingerprint density at radius 2 is 1.71 bits per heavy atom. The molecule has 7 nitrogen and oxygen atoms in total. The summed E-state index contributed by atoms with van der Waals surface area (Å²) in [6.07, 6.45) is 2.15. The minimum atomic E-state index is -0.871. The lowest BCUT2D eigenvalue weighted by molar-refractivity contribution is -0.141. The van der Waals surface area contributed by atoms with Crippen molar-refractivity contribution in [2.75, 3.05) is 31.2 Å². The summed E-state index contributed by atoms with van der Waals surface area (Å²) in [5.41, 5.74) is 4.72. The van der Waals surface area contributed by atoms with Crippen molar-refractivity contribution in [2.24, 2.45) is 0 Å². The number of alkyl carbamates (subject to hydrolysis) is 1. The summed E-state index contributed by atoms with van der Waals surface area (Å²) in [4.78, 5) is 37.6. The summed E-state index contributed by atoms with van der Waals surface area (Å²) in [5.74, 6) is -0.0225. The van der Waals surface area contributed by atoms with E-state index in [4.69, 9.17) is 9.84 Å². The number of piperidine rings is 1. The average Bonchev–Trinajstić information content (AvgIpc) is 3.16. The molecule has 2 aliphatic rings. The topological polar surface area (TPSA) is 95.9 Å². The van der Waals surface area contributed by atoms with Gasteiger partial charge >= 0.3 is 12.1 Å². The van der Waals surface area contributed by atoms with Crippen LogP contribution >= 0.6 is 11.8 Å². The third-order valence-corrected chi connectivity index (χ3v) is 7.39. The molecule has 34 heavy (non-hydrogen) atoms. The van der Waals surface area contributed by atoms with Gasteiger partial charge in [0.2, 0.25) is 5.91 Å². The molecular formula is C26H30N2O5S. The summed E-state index contributed by atoms with van der Waals surface area (Å²) in [5, 5.41) is 11.8. The van der Waals surface area contributed by atoms with Gasteiger partial charge < -0.3 is 20.1 Å². The molecule has 2 aromatic rings. The van der Waals surface area contributed by atoms with Crippen molar-refractivity contribution < 1.29 is 24.2 Å². The molecule has 0 spiro atoms. The molecule has 1 aliphatic carbocycles. The molecule has 2 amide bonds. The quantitative estimate of drug-likeness (QED) is 0.522. The molecule has 1 aliphatic heterocycles. The first-order valence-corrected chi connectivity index (χ1v) is 12.9. The number of likely N-dealkylation sites (tertiary alicyclic amines) is 1. The van der Waals surface area contributed by atoms with Gasteiger partial charge in [-0.15, -0.1) is 0 Å². The normalized spacial score (nSPS) is 17.1. The van der Waals surface area contributed by atoms with E-state index in [1.54, 1.807) is 4.90 Å². The summed E-state index contributed by atoms with van der Waals surface area (Å²) in [7, 11) is 0. The SMILES string of the molecule is O=C(O)CC1CCCCN1C(=O)CSCCNC(=O)OCC1c2ccccc2-c2ccccc21. The maximum atomic E-state index is 12.5. The molecule has 0 bridgehead atoms. The van der Waals surface area contributed by atoms with Gasteiger partial charge in [0.05, 0.1) is 12.2 Å². The van der Waals surface area contributed by atoms with Crippen LogP contribution in [0.4, 0.5) is 4.79 Å². The Morgan fingerprint density at radius 3 is 2.38 bits per heavy atom. The molecule has 1 atom stereocenters. The molecule has 2 aromatic carbocycles. The lowest BCUT2D eigenvalue weighted by Gasteiger charge is -2.35. The van der Waals surface area contributed by atoms with Crippen molar-refractivity contribution in [1.29, 1.82) is 0 Å². The summed E-state index contributed by atoms with van der Waals surface area (Å²) >= 11 is 1.43. The predicted molar refractivity (Wildman–Crippen MR) is 132 cm³/mol. The van der Waals surface area contributed by atoms with Gasteiger partial charge in [0.15, 0.2) is 0 Å². The maximum Gasteiger partial charge on any atom is 0.407 e. The Hall–Kier alpha value is -3.00. The van der Waals surface area contributed by atoms with E-state index in [1.165, 1.54) is 34.0 Å². The highest BCUT2D eigenvalue weighted by Crippen LogP contribution is 2.44. The van der Waals surface area contributed by atoms with Gasteiger partial charge in [0, 0.05) is 30.8 Å². The second-order valence-electron chi connectivity index (χ2n) is 8.64. The number of carbonyl (C=O) groups excluding carboxylic acids is 2. The third kappa shape index (κ3) is 5.73. The number of nitrogens with zero attached hydrogens (tertiary/aromatic N) is 1. The number of carboxylic acid groups (broad SMARTS) is 1. The van der Waals surface area contributed by atoms with Crippen LogP contribution < -0.4 is 5.32 Å². The third-order valence-electron chi connectivity index (χ3n) is 6.44. The molecule has 180 valence electrons. The number of nitrogens with one attached hydrogen (secondary N) is 1. The first kappa shape index (κ1) is 24.1. The first-order valence-electron chi connectivity index (χ1n) is 11.7. The highest BCUT2D eigenvalue weighted by Gasteiger charge is 2.29. The summed E-state index contributed by atoms with van der Waals surface area (Å²) in [6.45, 7) is 1.29. The molecule has 0 saturated carbocycles. The van der Waals surface area contributed by atoms with Crippen molar-refractivity contribution in [3.05, 3.63) is 59.7 Å². The number of hydrogen-bond donors (Lipinski definition) is 2. The Labute approximate surface area is 203 Å². The van der Waals surface area contributed by atoms with Crippen LogP contribution in [-0.2, 0) is 14.3 Å². The lowest BCUT2D eigenvalue weighted by atomic mass is 9.98. The van der Waals surface area contributed by atoms with E-state index in [0.29, 0.717) is 18.8 Å². The van der Waals surface area contributed by atoms with Crippen LogP contribution in [0, 0.1) is 0 Å². The minimum absolute atomic E-state index is 0.000252. The Bertz CT molecular complexity index is 998. The predicted octanol–water partition coefficient (Wildman–Crippen LogP) is 4.11. The molecule has 1 saturated heterocycles. The number of thioether (sulfide) groups is 1. The summed E-state index contributed by atoms with van der Waals surface area (Å²) in [6, 6.07) is 16.2. The number of fused-ring (bicyclic) bond motifs is 3. The van der Waals surface area contributed by atoms with Crippen molar-refractivity contribution in [3.63, 3.8) is 0 Å². The van der Waals surface area contributed by atoms with E-state index >= 15 is 0 Å². The molecule has 0 radical (unpaired) electrons. The van der Waals surface area contributed by atoms with Gasteiger partial charge in [-0.25, -0.2) is 4.79 Å². The molecule has 1 heterocycles. The largest absolute Gasteiger partial charge is 0.481 e. The van der Waals surface area contributed by atoms with Crippen LogP contribution in [0.5, 0.6) is 0 Å². The standard InChI is InChI=1S/C26H30N2O5S/c29-24(28-13-6-5-7-18(28)15-25(30)31)17-34-14-12-27-26(32)33-16-23-21-10-3-1-8-19(21)20-9-2-4-11-22(20)23/h1-4,8-11,18,23H,5-7,12-17H2,(H,27,32)(H,30,31). The zero-order valence-electron chi connectivity index (χ0n) is 19.1. The average molecular weight is 483 g/mol. The number of benzene rings is 2. The van der Waals surface area contributed by atoms with Crippen LogP contribution in [0.15, 0.2) is 48.5 Å². The Balaban J connectivity index is 1.18. The number of carboxylic acids is 1. The number of amides is 2. The fourth-order valence-electron chi connectivity index (χ4n) is 4.86. The second kappa shape index (κ2) is 11.4. The van der Waals surface area contributed by atoms with Crippen LogP contribution in [0.25, 0.3) is 11.1 Å². The smallest absolute Gasteiger partial charge is 0.407 e. The zero-order chi connectivity index (χ0) is 23.9. The van der Waals surface area contributed by atoms with Gasteiger partial charge in [-0.2, -0.15) is 11.8 Å². The highest BCUT2D eigenvalue weighted by atomic mass is 32.2. The van der Waals surface area contributed by atoms with Gasteiger partial charge in [0.1, 0.15) is 6.61 Å². The van der Waals surface area contributed by atoms with E-state index in [2.05, 4.69) is 29.6 Å². The molecular weight excluding hydrogens is 452 g/mol. The van der Waals surface area contributed by atoms with Crippen LogP contribution in [0.1, 0.15) is 42.7 Å². The van der Waals surface area contributed by atoms with Crippen molar-refractivity contribution in [1.82, 2.24) is 10.2 Å². The number of aliphatic carboxylic acids is 1. The van der Waals surface area contributed by atoms with Crippen molar-refractivity contribution in [3.8, 4) is 11.1 Å².